The van der Waals surface area contributed by atoms with E-state index in [1.807, 2.05) is 30.3 Å². The van der Waals surface area contributed by atoms with E-state index >= 15 is 0 Å². The van der Waals surface area contributed by atoms with Crippen molar-refractivity contribution < 1.29 is 4.42 Å². The van der Waals surface area contributed by atoms with Crippen LogP contribution in [0.15, 0.2) is 205 Å². The standard InChI is InChI=1S/C53H33N3O/c1-4-14-34(15-5-1)42-29-43(35-16-6-2-7-17-35)31-44(30-42)52-54-51(37-19-8-3-9-20-37)55-53(56-52)46-27-26-45(41-25-24-36-18-10-11-21-38(36)28-41)50-49(46)47-32-39-22-12-13-23-40(39)33-48(47)57-50/h1-33H. The van der Waals surface area contributed by atoms with Crippen molar-refractivity contribution in [2.24, 2.45) is 0 Å². The van der Waals surface area contributed by atoms with Crippen LogP contribution in [0.3, 0.4) is 0 Å². The van der Waals surface area contributed by atoms with Crippen molar-refractivity contribution >= 4 is 43.5 Å². The predicted octanol–water partition coefficient (Wildman–Crippen LogP) is 14.1. The van der Waals surface area contributed by atoms with Crippen molar-refractivity contribution in [2.75, 3.05) is 0 Å². The van der Waals surface area contributed by atoms with Gasteiger partial charge in [-0.25, -0.2) is 15.0 Å². The van der Waals surface area contributed by atoms with Gasteiger partial charge in [0.2, 0.25) is 0 Å². The van der Waals surface area contributed by atoms with Gasteiger partial charge in [-0.2, -0.15) is 0 Å². The number of fused-ring (bicyclic) bond motifs is 5. The lowest BCUT2D eigenvalue weighted by atomic mass is 9.95. The molecule has 4 heteroatoms. The summed E-state index contributed by atoms with van der Waals surface area (Å²) in [6.45, 7) is 0. The molecule has 9 aromatic carbocycles. The van der Waals surface area contributed by atoms with Gasteiger partial charge in [-0.05, 0) is 97.9 Å². The molecular formula is C53H33N3O. The maximum atomic E-state index is 6.91. The number of nitrogens with zero attached hydrogens (tertiary/aromatic N) is 3. The summed E-state index contributed by atoms with van der Waals surface area (Å²) in [5.74, 6) is 1.78. The minimum Gasteiger partial charge on any atom is -0.455 e. The van der Waals surface area contributed by atoms with E-state index in [0.717, 1.165) is 82.8 Å². The lowest BCUT2D eigenvalue weighted by Crippen LogP contribution is -2.01. The molecule has 266 valence electrons. The van der Waals surface area contributed by atoms with Crippen LogP contribution < -0.4 is 0 Å². The van der Waals surface area contributed by atoms with Crippen LogP contribution in [-0.2, 0) is 0 Å². The normalized spacial score (nSPS) is 11.5. The van der Waals surface area contributed by atoms with Gasteiger partial charge in [0.1, 0.15) is 11.2 Å². The second-order valence-corrected chi connectivity index (χ2v) is 14.4. The largest absolute Gasteiger partial charge is 0.455 e. The van der Waals surface area contributed by atoms with Gasteiger partial charge < -0.3 is 4.42 Å². The molecule has 0 aliphatic heterocycles. The van der Waals surface area contributed by atoms with Gasteiger partial charge >= 0.3 is 0 Å². The van der Waals surface area contributed by atoms with E-state index in [4.69, 9.17) is 19.4 Å². The number of hydrogen-bond acceptors (Lipinski definition) is 4. The molecule has 4 nitrogen and oxygen atoms in total. The maximum Gasteiger partial charge on any atom is 0.164 e. The number of furan rings is 1. The predicted molar refractivity (Wildman–Crippen MR) is 235 cm³/mol. The zero-order valence-corrected chi connectivity index (χ0v) is 30.8. The first-order chi connectivity index (χ1) is 28.2. The molecule has 0 atom stereocenters. The first kappa shape index (κ1) is 32.7. The summed E-state index contributed by atoms with van der Waals surface area (Å²) in [6.07, 6.45) is 0. The topological polar surface area (TPSA) is 51.8 Å². The highest BCUT2D eigenvalue weighted by Gasteiger charge is 2.22. The summed E-state index contributed by atoms with van der Waals surface area (Å²) in [5, 5.41) is 6.63. The van der Waals surface area contributed by atoms with Crippen LogP contribution in [-0.4, -0.2) is 15.0 Å². The fraction of sp³-hybridized carbons (Fsp3) is 0. The Balaban J connectivity index is 1.19. The molecule has 0 radical (unpaired) electrons. The summed E-state index contributed by atoms with van der Waals surface area (Å²) in [4.78, 5) is 15.8. The third-order valence-corrected chi connectivity index (χ3v) is 10.9. The average molecular weight is 728 g/mol. The zero-order chi connectivity index (χ0) is 37.7. The molecule has 0 N–H and O–H groups in total. The van der Waals surface area contributed by atoms with Crippen molar-refractivity contribution in [3.63, 3.8) is 0 Å². The van der Waals surface area contributed by atoms with E-state index in [2.05, 4.69) is 170 Å². The van der Waals surface area contributed by atoms with Gasteiger partial charge in [-0.1, -0.05) is 152 Å². The summed E-state index contributed by atoms with van der Waals surface area (Å²) in [6, 6.07) is 69.9. The Bertz CT molecular complexity index is 3220. The third kappa shape index (κ3) is 5.92. The molecule has 2 heterocycles. The molecule has 0 aliphatic carbocycles. The van der Waals surface area contributed by atoms with E-state index in [-0.39, 0.29) is 0 Å². The first-order valence-electron chi connectivity index (χ1n) is 19.2. The average Bonchev–Trinajstić information content (AvgIpc) is 3.66. The molecule has 11 aromatic rings. The van der Waals surface area contributed by atoms with E-state index in [9.17, 15) is 0 Å². The molecule has 0 saturated heterocycles. The molecule has 11 rings (SSSR count). The summed E-state index contributed by atoms with van der Waals surface area (Å²) >= 11 is 0. The smallest absolute Gasteiger partial charge is 0.164 e. The highest BCUT2D eigenvalue weighted by molar-refractivity contribution is 6.18. The Hall–Kier alpha value is -7.69. The third-order valence-electron chi connectivity index (χ3n) is 10.9. The van der Waals surface area contributed by atoms with Gasteiger partial charge in [0, 0.05) is 33.0 Å². The van der Waals surface area contributed by atoms with Crippen LogP contribution in [0.2, 0.25) is 0 Å². The minimum absolute atomic E-state index is 0.580. The fourth-order valence-corrected chi connectivity index (χ4v) is 8.03. The molecule has 0 unspecified atom stereocenters. The molecule has 0 aliphatic rings. The second-order valence-electron chi connectivity index (χ2n) is 14.4. The Kier molecular flexibility index (Phi) is 7.78. The van der Waals surface area contributed by atoms with Crippen LogP contribution in [0.4, 0.5) is 0 Å². The molecular weight excluding hydrogens is 695 g/mol. The maximum absolute atomic E-state index is 6.91. The minimum atomic E-state index is 0.580. The highest BCUT2D eigenvalue weighted by Crippen LogP contribution is 2.43. The number of hydrogen-bond donors (Lipinski definition) is 0. The van der Waals surface area contributed by atoms with Gasteiger partial charge in [-0.15, -0.1) is 0 Å². The van der Waals surface area contributed by atoms with Crippen LogP contribution in [0, 0.1) is 0 Å². The van der Waals surface area contributed by atoms with Crippen LogP contribution >= 0.6 is 0 Å². The van der Waals surface area contributed by atoms with Crippen molar-refractivity contribution in [3.05, 3.63) is 200 Å². The quantitative estimate of drug-likeness (QED) is 0.171. The lowest BCUT2D eigenvalue weighted by Gasteiger charge is -2.13. The van der Waals surface area contributed by atoms with E-state index in [0.29, 0.717) is 17.5 Å². The summed E-state index contributed by atoms with van der Waals surface area (Å²) < 4.78 is 6.91. The molecule has 0 fully saturated rings. The van der Waals surface area contributed by atoms with Gasteiger partial charge in [0.25, 0.3) is 0 Å². The van der Waals surface area contributed by atoms with E-state index < -0.39 is 0 Å². The Morgan fingerprint density at radius 3 is 1.44 bits per heavy atom. The lowest BCUT2D eigenvalue weighted by molar-refractivity contribution is 0.670. The van der Waals surface area contributed by atoms with E-state index in [1.54, 1.807) is 0 Å². The van der Waals surface area contributed by atoms with Gasteiger partial charge in [0.15, 0.2) is 17.5 Å². The number of rotatable bonds is 6. The van der Waals surface area contributed by atoms with Crippen LogP contribution in [0.25, 0.3) is 111 Å². The van der Waals surface area contributed by atoms with E-state index in [1.165, 1.54) is 10.8 Å². The van der Waals surface area contributed by atoms with Crippen molar-refractivity contribution in [2.45, 2.75) is 0 Å². The number of aromatic nitrogens is 3. The molecule has 0 amide bonds. The fourth-order valence-electron chi connectivity index (χ4n) is 8.03. The Morgan fingerprint density at radius 1 is 0.298 bits per heavy atom. The summed E-state index contributed by atoms with van der Waals surface area (Å²) in [7, 11) is 0. The SMILES string of the molecule is c1ccc(-c2cc(-c3ccccc3)cc(-c3nc(-c4ccccc4)nc(-c4ccc(-c5ccc6ccccc6c5)c5oc6cc7ccccc7cc6c45)n3)c2)cc1. The summed E-state index contributed by atoms with van der Waals surface area (Å²) in [5.41, 5.74) is 10.8. The van der Waals surface area contributed by atoms with Gasteiger partial charge in [-0.3, -0.25) is 0 Å². The van der Waals surface area contributed by atoms with Crippen LogP contribution in [0.1, 0.15) is 0 Å². The van der Waals surface area contributed by atoms with Crippen molar-refractivity contribution in [1.82, 2.24) is 15.0 Å². The van der Waals surface area contributed by atoms with Crippen molar-refractivity contribution in [3.8, 4) is 67.5 Å². The monoisotopic (exact) mass is 727 g/mol. The first-order valence-corrected chi connectivity index (χ1v) is 19.2. The molecule has 2 aromatic heterocycles. The molecule has 0 saturated carbocycles. The molecule has 57 heavy (non-hydrogen) atoms. The highest BCUT2D eigenvalue weighted by atomic mass is 16.3. The van der Waals surface area contributed by atoms with Crippen LogP contribution in [0.5, 0.6) is 0 Å². The second kappa shape index (κ2) is 13.6. The van der Waals surface area contributed by atoms with Gasteiger partial charge in [0.05, 0.1) is 0 Å². The van der Waals surface area contributed by atoms with Crippen molar-refractivity contribution in [1.29, 1.82) is 0 Å². The molecule has 0 bridgehead atoms. The molecule has 0 spiro atoms. The Labute approximate surface area is 329 Å². The zero-order valence-electron chi connectivity index (χ0n) is 30.8. The number of benzene rings is 9. The Morgan fingerprint density at radius 2 is 0.789 bits per heavy atom.